The maximum Gasteiger partial charge on any atom is 0.243 e. The van der Waals surface area contributed by atoms with Crippen LogP contribution < -0.4 is 10.8 Å². The summed E-state index contributed by atoms with van der Waals surface area (Å²) in [5.74, 6) is -0.151. The summed E-state index contributed by atoms with van der Waals surface area (Å²) in [6, 6.07) is 37.6. The smallest absolute Gasteiger partial charge is 0.243 e. The van der Waals surface area contributed by atoms with Gasteiger partial charge in [-0.1, -0.05) is 122 Å². The summed E-state index contributed by atoms with van der Waals surface area (Å²) >= 11 is 0. The molecule has 0 bridgehead atoms. The van der Waals surface area contributed by atoms with Gasteiger partial charge in [0.25, 0.3) is 0 Å². The van der Waals surface area contributed by atoms with Gasteiger partial charge in [-0.2, -0.15) is 0 Å². The molecular weight excluding hydrogens is 484 g/mol. The third-order valence-corrected chi connectivity index (χ3v) is 6.75. The number of aryl methyl sites for hydroxylation is 1. The molecule has 200 valence electrons. The van der Waals surface area contributed by atoms with Crippen LogP contribution in [0.2, 0.25) is 0 Å². The zero-order valence-electron chi connectivity index (χ0n) is 22.4. The van der Waals surface area contributed by atoms with Crippen molar-refractivity contribution in [1.29, 1.82) is 0 Å². The molecule has 39 heavy (non-hydrogen) atoms. The minimum absolute atomic E-state index is 0.0154. The largest absolute Gasteiger partial charge is 0.326 e. The highest BCUT2D eigenvalue weighted by Crippen LogP contribution is 2.39. The molecular formula is C34H36N2O3. The number of hydrogen-bond acceptors (Lipinski definition) is 3. The molecule has 5 heteroatoms. The molecule has 0 saturated carbocycles. The van der Waals surface area contributed by atoms with E-state index in [1.54, 1.807) is 0 Å². The van der Waals surface area contributed by atoms with E-state index in [4.69, 9.17) is 4.84 Å². The molecule has 4 aromatic rings. The molecule has 0 atom stereocenters. The lowest BCUT2D eigenvalue weighted by molar-refractivity contribution is -0.143. The van der Waals surface area contributed by atoms with Gasteiger partial charge >= 0.3 is 0 Å². The monoisotopic (exact) mass is 520 g/mol. The predicted molar refractivity (Wildman–Crippen MR) is 156 cm³/mol. The number of amides is 2. The second-order valence-electron chi connectivity index (χ2n) is 9.73. The Morgan fingerprint density at radius 2 is 1.05 bits per heavy atom. The van der Waals surface area contributed by atoms with Crippen molar-refractivity contribution in [2.75, 3.05) is 5.32 Å². The summed E-state index contributed by atoms with van der Waals surface area (Å²) in [6.07, 6.45) is 4.09. The van der Waals surface area contributed by atoms with Crippen molar-refractivity contribution in [1.82, 2.24) is 5.48 Å². The number of hydroxylamine groups is 1. The lowest BCUT2D eigenvalue weighted by atomic mass is 9.80. The Labute approximate surface area is 231 Å². The van der Waals surface area contributed by atoms with Gasteiger partial charge in [0.15, 0.2) is 5.60 Å². The van der Waals surface area contributed by atoms with E-state index in [2.05, 4.69) is 42.0 Å². The van der Waals surface area contributed by atoms with Crippen molar-refractivity contribution < 1.29 is 14.4 Å². The average Bonchev–Trinajstić information content (AvgIpc) is 2.97. The molecule has 0 aliphatic rings. The van der Waals surface area contributed by atoms with Crippen LogP contribution in [-0.4, -0.2) is 11.8 Å². The Bertz CT molecular complexity index is 1270. The molecule has 0 fully saturated rings. The Kier molecular flexibility index (Phi) is 10.0. The fourth-order valence-corrected chi connectivity index (χ4v) is 4.66. The van der Waals surface area contributed by atoms with Gasteiger partial charge in [0, 0.05) is 18.5 Å². The maximum absolute atomic E-state index is 12.9. The van der Waals surface area contributed by atoms with Crippen molar-refractivity contribution in [3.05, 3.63) is 138 Å². The van der Waals surface area contributed by atoms with Gasteiger partial charge < -0.3 is 5.32 Å². The van der Waals surface area contributed by atoms with E-state index < -0.39 is 5.60 Å². The van der Waals surface area contributed by atoms with Crippen molar-refractivity contribution in [3.8, 4) is 0 Å². The van der Waals surface area contributed by atoms with Gasteiger partial charge in [-0.3, -0.25) is 14.4 Å². The van der Waals surface area contributed by atoms with Gasteiger partial charge in [0.05, 0.1) is 0 Å². The molecule has 0 spiro atoms. The van der Waals surface area contributed by atoms with Crippen LogP contribution in [-0.2, 0) is 20.0 Å². The van der Waals surface area contributed by atoms with Crippen LogP contribution in [0.3, 0.4) is 0 Å². The van der Waals surface area contributed by atoms with Crippen LogP contribution in [0.15, 0.2) is 115 Å². The second kappa shape index (κ2) is 14.1. The molecule has 4 rings (SSSR count). The highest BCUT2D eigenvalue weighted by atomic mass is 16.7. The number of carbonyl (C=O) groups excluding carboxylic acids is 2. The first-order valence-corrected chi connectivity index (χ1v) is 13.6. The normalized spacial score (nSPS) is 11.1. The minimum atomic E-state index is -1.00. The summed E-state index contributed by atoms with van der Waals surface area (Å²) in [6.45, 7) is 2.05. The van der Waals surface area contributed by atoms with Crippen molar-refractivity contribution in [3.63, 3.8) is 0 Å². The molecule has 5 nitrogen and oxygen atoms in total. The Morgan fingerprint density at radius 3 is 1.59 bits per heavy atom. The van der Waals surface area contributed by atoms with E-state index in [1.807, 2.05) is 91.0 Å². The molecule has 4 aromatic carbocycles. The maximum atomic E-state index is 12.9. The predicted octanol–water partition coefficient (Wildman–Crippen LogP) is 7.31. The standard InChI is InChI=1S/C34H36N2O3/c1-27-23-25-30(26-24-27)34(28-15-7-4-8-16-28,29-17-9-5-10-18-29)39-36-33(38)22-14-3-2-13-21-32(37)35-31-19-11-6-12-20-31/h4-12,15-20,23-26H,2-3,13-14,21-22H2,1H3,(H,35,37)(H,36,38). The van der Waals surface area contributed by atoms with Gasteiger partial charge in [-0.05, 0) is 48.6 Å². The number of anilines is 1. The van der Waals surface area contributed by atoms with E-state index in [0.29, 0.717) is 12.8 Å². The van der Waals surface area contributed by atoms with Crippen LogP contribution in [0.5, 0.6) is 0 Å². The number of para-hydroxylation sites is 1. The zero-order valence-corrected chi connectivity index (χ0v) is 22.4. The van der Waals surface area contributed by atoms with Crippen LogP contribution in [0.4, 0.5) is 5.69 Å². The van der Waals surface area contributed by atoms with E-state index in [-0.39, 0.29) is 11.8 Å². The molecule has 0 aliphatic heterocycles. The highest BCUT2D eigenvalue weighted by molar-refractivity contribution is 5.90. The topological polar surface area (TPSA) is 67.4 Å². The first kappa shape index (κ1) is 27.8. The van der Waals surface area contributed by atoms with Crippen molar-refractivity contribution in [2.45, 2.75) is 51.0 Å². The molecule has 2 amide bonds. The van der Waals surface area contributed by atoms with Gasteiger partial charge in [0.1, 0.15) is 0 Å². The molecule has 0 radical (unpaired) electrons. The lowest BCUT2D eigenvalue weighted by Gasteiger charge is -2.35. The lowest BCUT2D eigenvalue weighted by Crippen LogP contribution is -2.40. The number of benzene rings is 4. The van der Waals surface area contributed by atoms with Gasteiger partial charge in [-0.25, -0.2) is 5.48 Å². The zero-order chi connectivity index (χ0) is 27.3. The highest BCUT2D eigenvalue weighted by Gasteiger charge is 2.39. The van der Waals surface area contributed by atoms with Gasteiger partial charge in [0.2, 0.25) is 11.8 Å². The van der Waals surface area contributed by atoms with Crippen LogP contribution in [0.25, 0.3) is 0 Å². The number of nitrogens with one attached hydrogen (secondary N) is 2. The molecule has 0 saturated heterocycles. The molecule has 0 unspecified atom stereocenters. The van der Waals surface area contributed by atoms with E-state index in [9.17, 15) is 9.59 Å². The fourth-order valence-electron chi connectivity index (χ4n) is 4.66. The Morgan fingerprint density at radius 1 is 0.590 bits per heavy atom. The molecule has 0 aromatic heterocycles. The average molecular weight is 521 g/mol. The van der Waals surface area contributed by atoms with E-state index in [1.165, 1.54) is 0 Å². The van der Waals surface area contributed by atoms with Crippen molar-refractivity contribution >= 4 is 17.5 Å². The quantitative estimate of drug-likeness (QED) is 0.110. The van der Waals surface area contributed by atoms with E-state index >= 15 is 0 Å². The number of hydrogen-bond donors (Lipinski definition) is 2. The van der Waals surface area contributed by atoms with Crippen LogP contribution in [0, 0.1) is 6.92 Å². The Hall–Kier alpha value is -4.22. The first-order chi connectivity index (χ1) is 19.1. The third-order valence-electron chi connectivity index (χ3n) is 6.75. The number of rotatable bonds is 13. The summed E-state index contributed by atoms with van der Waals surface area (Å²) in [5, 5.41) is 2.91. The Balaban J connectivity index is 1.34. The minimum Gasteiger partial charge on any atom is -0.326 e. The van der Waals surface area contributed by atoms with Crippen LogP contribution >= 0.6 is 0 Å². The summed E-state index contributed by atoms with van der Waals surface area (Å²) < 4.78 is 0. The van der Waals surface area contributed by atoms with Crippen LogP contribution in [0.1, 0.15) is 60.8 Å². The van der Waals surface area contributed by atoms with Crippen molar-refractivity contribution in [2.24, 2.45) is 0 Å². The summed E-state index contributed by atoms with van der Waals surface area (Å²) in [4.78, 5) is 31.4. The fraction of sp³-hybridized carbons (Fsp3) is 0.235. The van der Waals surface area contributed by atoms with E-state index in [0.717, 1.165) is 53.6 Å². The molecule has 0 heterocycles. The number of unbranched alkanes of at least 4 members (excludes halogenated alkanes) is 3. The molecule has 2 N–H and O–H groups in total. The SMILES string of the molecule is Cc1ccc(C(ONC(=O)CCCCCCC(=O)Nc2ccccc2)(c2ccccc2)c2ccccc2)cc1. The first-order valence-electron chi connectivity index (χ1n) is 13.6. The summed E-state index contributed by atoms with van der Waals surface area (Å²) in [7, 11) is 0. The number of carbonyl (C=O) groups is 2. The van der Waals surface area contributed by atoms with Gasteiger partial charge in [-0.15, -0.1) is 0 Å². The third kappa shape index (κ3) is 7.65. The summed E-state index contributed by atoms with van der Waals surface area (Å²) in [5.41, 5.74) is 6.51. The molecule has 0 aliphatic carbocycles. The second-order valence-corrected chi connectivity index (χ2v) is 9.73.